The number of nitrogens with zero attached hydrogens (tertiary/aromatic N) is 1. The number of hydrogen-bond donors (Lipinski definition) is 2. The summed E-state index contributed by atoms with van der Waals surface area (Å²) in [5, 5.41) is 5.38. The molecule has 0 aliphatic carbocycles. The number of amides is 3. The normalized spacial score (nSPS) is 13.3. The first-order valence-corrected chi connectivity index (χ1v) is 9.20. The number of benzene rings is 2. The molecule has 3 amide bonds. The molecule has 5 nitrogen and oxygen atoms in total. The fourth-order valence-corrected chi connectivity index (χ4v) is 2.93. The van der Waals surface area contributed by atoms with Crippen molar-refractivity contribution >= 4 is 17.6 Å². The van der Waals surface area contributed by atoms with Crippen molar-refractivity contribution < 1.29 is 9.59 Å². The molecule has 27 heavy (non-hydrogen) atoms. The van der Waals surface area contributed by atoms with Crippen LogP contribution in [0.3, 0.4) is 0 Å². The van der Waals surface area contributed by atoms with E-state index in [1.165, 1.54) is 6.42 Å². The molecule has 0 atom stereocenters. The molecule has 0 unspecified atom stereocenters. The first kappa shape index (κ1) is 18.5. The van der Waals surface area contributed by atoms with Crippen LogP contribution >= 0.6 is 0 Å². The lowest BCUT2D eigenvalue weighted by molar-refractivity contribution is -0.130. The topological polar surface area (TPSA) is 61.4 Å². The average molecular weight is 361 g/mol. The van der Waals surface area contributed by atoms with E-state index in [9.17, 15) is 9.59 Å². The Morgan fingerprint density at radius 2 is 1.59 bits per heavy atom. The Bertz CT molecular complexity index is 847. The summed E-state index contributed by atoms with van der Waals surface area (Å²) in [6, 6.07) is 16.7. The minimum absolute atomic E-state index is 0.0132. The molecule has 0 aromatic heterocycles. The predicted molar refractivity (Wildman–Crippen MR) is 106 cm³/mol. The van der Waals surface area contributed by atoms with E-state index in [0.717, 1.165) is 37.1 Å². The molecule has 2 aromatic rings. The van der Waals surface area contributed by atoms with Gasteiger partial charge in [0.15, 0.2) is 0 Å². The molecule has 5 heteroatoms. The van der Waals surface area contributed by atoms with Crippen LogP contribution in [0.25, 0.3) is 0 Å². The summed E-state index contributed by atoms with van der Waals surface area (Å²) >= 11 is 0. The Balaban J connectivity index is 1.52. The number of anilines is 1. The van der Waals surface area contributed by atoms with E-state index in [4.69, 9.17) is 0 Å². The number of piperidine rings is 1. The van der Waals surface area contributed by atoms with Gasteiger partial charge in [0.25, 0.3) is 0 Å². The first-order chi connectivity index (χ1) is 13.2. The molecule has 0 spiro atoms. The van der Waals surface area contributed by atoms with Gasteiger partial charge in [-0.2, -0.15) is 0 Å². The van der Waals surface area contributed by atoms with Crippen LogP contribution in [0.4, 0.5) is 10.5 Å². The van der Waals surface area contributed by atoms with Gasteiger partial charge in [-0.3, -0.25) is 4.79 Å². The van der Waals surface area contributed by atoms with Gasteiger partial charge in [-0.1, -0.05) is 36.1 Å². The number of carbonyl (C=O) groups excluding carboxylic acids is 2. The summed E-state index contributed by atoms with van der Waals surface area (Å²) in [6.07, 6.45) is 3.24. The van der Waals surface area contributed by atoms with Crippen LogP contribution < -0.4 is 10.6 Å². The molecular formula is C22H23N3O2. The predicted octanol–water partition coefficient (Wildman–Crippen LogP) is 3.22. The Morgan fingerprint density at radius 3 is 2.37 bits per heavy atom. The van der Waals surface area contributed by atoms with Crippen LogP contribution in [0.15, 0.2) is 54.6 Å². The number of carbonyl (C=O) groups is 2. The van der Waals surface area contributed by atoms with Gasteiger partial charge in [0.1, 0.15) is 0 Å². The van der Waals surface area contributed by atoms with Crippen molar-refractivity contribution in [3.05, 3.63) is 65.7 Å². The van der Waals surface area contributed by atoms with E-state index < -0.39 is 6.03 Å². The zero-order chi connectivity index (χ0) is 18.9. The SMILES string of the molecule is O=C(NCC(=O)N1CCCCC1)Nc1cccc(C#Cc2ccccc2)c1. The van der Waals surface area contributed by atoms with E-state index in [-0.39, 0.29) is 12.5 Å². The maximum absolute atomic E-state index is 12.1. The Morgan fingerprint density at radius 1 is 0.889 bits per heavy atom. The molecule has 1 fully saturated rings. The monoisotopic (exact) mass is 361 g/mol. The summed E-state index contributed by atoms with van der Waals surface area (Å²) < 4.78 is 0. The fraction of sp³-hybridized carbons (Fsp3) is 0.273. The van der Waals surface area contributed by atoms with Crippen molar-refractivity contribution in [2.45, 2.75) is 19.3 Å². The number of likely N-dealkylation sites (tertiary alicyclic amines) is 1. The average Bonchev–Trinajstić information content (AvgIpc) is 2.72. The minimum Gasteiger partial charge on any atom is -0.341 e. The number of nitrogens with one attached hydrogen (secondary N) is 2. The van der Waals surface area contributed by atoms with Gasteiger partial charge >= 0.3 is 6.03 Å². The molecule has 2 aromatic carbocycles. The van der Waals surface area contributed by atoms with Crippen molar-refractivity contribution in [2.24, 2.45) is 0 Å². The van der Waals surface area contributed by atoms with Crippen LogP contribution in [0.2, 0.25) is 0 Å². The van der Waals surface area contributed by atoms with Crippen LogP contribution in [0.1, 0.15) is 30.4 Å². The third-order valence-corrected chi connectivity index (χ3v) is 4.35. The number of hydrogen-bond acceptors (Lipinski definition) is 2. The first-order valence-electron chi connectivity index (χ1n) is 9.20. The molecule has 1 aliphatic rings. The highest BCUT2D eigenvalue weighted by Crippen LogP contribution is 2.10. The molecule has 138 valence electrons. The molecule has 2 N–H and O–H groups in total. The quantitative estimate of drug-likeness (QED) is 0.825. The third-order valence-electron chi connectivity index (χ3n) is 4.35. The maximum Gasteiger partial charge on any atom is 0.319 e. The lowest BCUT2D eigenvalue weighted by Crippen LogP contribution is -2.43. The van der Waals surface area contributed by atoms with Gasteiger partial charge in [0.05, 0.1) is 6.54 Å². The van der Waals surface area contributed by atoms with E-state index in [0.29, 0.717) is 5.69 Å². The zero-order valence-electron chi connectivity index (χ0n) is 15.2. The second-order valence-corrected chi connectivity index (χ2v) is 6.45. The molecule has 0 radical (unpaired) electrons. The fourth-order valence-electron chi connectivity index (χ4n) is 2.93. The largest absolute Gasteiger partial charge is 0.341 e. The van der Waals surface area contributed by atoms with Crippen LogP contribution in [-0.4, -0.2) is 36.5 Å². The highest BCUT2D eigenvalue weighted by Gasteiger charge is 2.16. The molecule has 1 saturated heterocycles. The van der Waals surface area contributed by atoms with Crippen molar-refractivity contribution in [3.8, 4) is 11.8 Å². The van der Waals surface area contributed by atoms with Crippen LogP contribution in [-0.2, 0) is 4.79 Å². The highest BCUT2D eigenvalue weighted by molar-refractivity contribution is 5.92. The number of urea groups is 1. The standard InChI is InChI=1S/C22H23N3O2/c26-21(25-14-5-2-6-15-25)17-23-22(27)24-20-11-7-10-19(16-20)13-12-18-8-3-1-4-9-18/h1,3-4,7-11,16H,2,5-6,14-15,17H2,(H2,23,24,27). The third kappa shape index (κ3) is 5.89. The second-order valence-electron chi connectivity index (χ2n) is 6.45. The summed E-state index contributed by atoms with van der Waals surface area (Å²) in [5.74, 6) is 6.14. The summed E-state index contributed by atoms with van der Waals surface area (Å²) in [5.41, 5.74) is 2.38. The molecule has 3 rings (SSSR count). The van der Waals surface area contributed by atoms with Crippen LogP contribution in [0.5, 0.6) is 0 Å². The molecule has 1 aliphatic heterocycles. The van der Waals surface area contributed by atoms with Gasteiger partial charge in [-0.15, -0.1) is 0 Å². The molecule has 0 bridgehead atoms. The number of rotatable bonds is 3. The molecule has 0 saturated carbocycles. The molecule has 1 heterocycles. The smallest absolute Gasteiger partial charge is 0.319 e. The van der Waals surface area contributed by atoms with Gasteiger partial charge in [-0.05, 0) is 49.6 Å². The maximum atomic E-state index is 12.1. The van der Waals surface area contributed by atoms with Gasteiger partial charge < -0.3 is 15.5 Å². The van der Waals surface area contributed by atoms with Crippen molar-refractivity contribution in [1.82, 2.24) is 10.2 Å². The summed E-state index contributed by atoms with van der Waals surface area (Å²) in [6.45, 7) is 1.58. The van der Waals surface area contributed by atoms with Crippen LogP contribution in [0, 0.1) is 11.8 Å². The Labute approximate surface area is 159 Å². The minimum atomic E-state index is -0.395. The lowest BCUT2D eigenvalue weighted by Gasteiger charge is -2.26. The van der Waals surface area contributed by atoms with Gasteiger partial charge in [0.2, 0.25) is 5.91 Å². The summed E-state index contributed by atoms with van der Waals surface area (Å²) in [4.78, 5) is 26.0. The van der Waals surface area contributed by atoms with E-state index in [1.54, 1.807) is 6.07 Å². The molecular weight excluding hydrogens is 338 g/mol. The van der Waals surface area contributed by atoms with Gasteiger partial charge in [-0.25, -0.2) is 4.79 Å². The highest BCUT2D eigenvalue weighted by atomic mass is 16.2. The summed E-state index contributed by atoms with van der Waals surface area (Å²) in [7, 11) is 0. The van der Waals surface area contributed by atoms with Crippen molar-refractivity contribution in [3.63, 3.8) is 0 Å². The van der Waals surface area contributed by atoms with Crippen molar-refractivity contribution in [2.75, 3.05) is 25.0 Å². The van der Waals surface area contributed by atoms with Crippen molar-refractivity contribution in [1.29, 1.82) is 0 Å². The lowest BCUT2D eigenvalue weighted by atomic mass is 10.1. The van der Waals surface area contributed by atoms with Gasteiger partial charge in [0, 0.05) is 29.9 Å². The Hall–Kier alpha value is -3.26. The van der Waals surface area contributed by atoms with E-state index >= 15 is 0 Å². The van der Waals surface area contributed by atoms with E-state index in [1.807, 2.05) is 53.4 Å². The Kier molecular flexibility index (Phi) is 6.48. The zero-order valence-corrected chi connectivity index (χ0v) is 15.2. The van der Waals surface area contributed by atoms with E-state index in [2.05, 4.69) is 22.5 Å². The second kappa shape index (κ2) is 9.44.